The fourth-order valence-corrected chi connectivity index (χ4v) is 2.75. The van der Waals surface area contributed by atoms with E-state index in [1.165, 1.54) is 36.4 Å². The summed E-state index contributed by atoms with van der Waals surface area (Å²) in [6.07, 6.45) is 0. The van der Waals surface area contributed by atoms with E-state index in [1.807, 2.05) is 0 Å². The molecule has 0 atom stereocenters. The van der Waals surface area contributed by atoms with Crippen molar-refractivity contribution in [1.29, 1.82) is 0 Å². The van der Waals surface area contributed by atoms with E-state index in [-0.39, 0.29) is 17.3 Å². The lowest BCUT2D eigenvalue weighted by atomic mass is 10.2. The third kappa shape index (κ3) is 4.57. The van der Waals surface area contributed by atoms with Crippen molar-refractivity contribution in [3.8, 4) is 11.8 Å². The van der Waals surface area contributed by atoms with Crippen LogP contribution in [0.5, 0.6) is 0 Å². The summed E-state index contributed by atoms with van der Waals surface area (Å²) in [5.41, 5.74) is 0.610. The molecule has 0 fully saturated rings. The molecule has 2 rings (SSSR count). The van der Waals surface area contributed by atoms with E-state index in [0.29, 0.717) is 10.6 Å². The highest BCUT2D eigenvalue weighted by Crippen LogP contribution is 2.14. The Labute approximate surface area is 127 Å². The first-order valence-corrected chi connectivity index (χ1v) is 7.83. The number of benzene rings is 2. The molecule has 0 unspecified atom stereocenters. The Morgan fingerprint density at radius 1 is 1.14 bits per heavy atom. The van der Waals surface area contributed by atoms with Gasteiger partial charge in [0, 0.05) is 10.6 Å². The highest BCUT2D eigenvalue weighted by atomic mass is 35.5. The molecule has 2 aromatic rings. The number of hydrogen-bond donors (Lipinski definition) is 1. The number of hydrogen-bond acceptors (Lipinski definition) is 2. The van der Waals surface area contributed by atoms with Crippen LogP contribution in [0.3, 0.4) is 0 Å². The first-order chi connectivity index (χ1) is 9.97. The Balaban J connectivity index is 2.02. The lowest BCUT2D eigenvalue weighted by molar-refractivity contribution is 0.586. The van der Waals surface area contributed by atoms with Crippen LogP contribution in [-0.4, -0.2) is 15.0 Å². The summed E-state index contributed by atoms with van der Waals surface area (Å²) in [6.45, 7) is -0.0494. The van der Waals surface area contributed by atoms with Crippen LogP contribution in [0.2, 0.25) is 5.02 Å². The fourth-order valence-electron chi connectivity index (χ4n) is 1.53. The molecular formula is C15H11ClFNO2S. The second-order valence-corrected chi connectivity index (χ2v) is 6.29. The Hall–Kier alpha value is -1.87. The van der Waals surface area contributed by atoms with Crippen molar-refractivity contribution in [2.24, 2.45) is 0 Å². The van der Waals surface area contributed by atoms with Gasteiger partial charge in [-0.25, -0.2) is 12.8 Å². The molecule has 0 aliphatic heterocycles. The first kappa shape index (κ1) is 15.5. The number of halogens is 2. The summed E-state index contributed by atoms with van der Waals surface area (Å²) >= 11 is 5.75. The van der Waals surface area contributed by atoms with Crippen LogP contribution in [0.1, 0.15) is 5.56 Å². The van der Waals surface area contributed by atoms with Gasteiger partial charge in [-0.1, -0.05) is 29.5 Å². The van der Waals surface area contributed by atoms with Gasteiger partial charge in [0.2, 0.25) is 10.0 Å². The van der Waals surface area contributed by atoms with E-state index in [2.05, 4.69) is 16.6 Å². The average molecular weight is 324 g/mol. The normalized spacial score (nSPS) is 10.8. The van der Waals surface area contributed by atoms with E-state index < -0.39 is 10.0 Å². The predicted octanol–water partition coefficient (Wildman–Crippen LogP) is 2.81. The smallest absolute Gasteiger partial charge is 0.207 e. The van der Waals surface area contributed by atoms with Crippen molar-refractivity contribution in [1.82, 2.24) is 4.72 Å². The molecule has 6 heteroatoms. The lowest BCUT2D eigenvalue weighted by Crippen LogP contribution is -2.23. The molecule has 2 aromatic carbocycles. The van der Waals surface area contributed by atoms with Crippen LogP contribution in [0.15, 0.2) is 53.4 Å². The molecule has 0 heterocycles. The van der Waals surface area contributed by atoms with Crippen molar-refractivity contribution >= 4 is 21.6 Å². The van der Waals surface area contributed by atoms with Gasteiger partial charge in [0.1, 0.15) is 5.82 Å². The molecule has 0 saturated heterocycles. The van der Waals surface area contributed by atoms with Crippen LogP contribution >= 0.6 is 11.6 Å². The van der Waals surface area contributed by atoms with Gasteiger partial charge in [0.15, 0.2) is 0 Å². The Bertz CT molecular complexity index is 792. The highest BCUT2D eigenvalue weighted by molar-refractivity contribution is 7.89. The summed E-state index contributed by atoms with van der Waals surface area (Å²) in [7, 11) is -3.64. The molecule has 0 saturated carbocycles. The average Bonchev–Trinajstić information content (AvgIpc) is 2.45. The number of sulfonamides is 1. The van der Waals surface area contributed by atoms with Crippen LogP contribution in [0.4, 0.5) is 4.39 Å². The van der Waals surface area contributed by atoms with Gasteiger partial charge in [0.05, 0.1) is 11.4 Å². The molecule has 0 bridgehead atoms. The SMILES string of the molecule is O=S(=O)(NCC#Cc1ccc(F)cc1)c1cccc(Cl)c1. The monoisotopic (exact) mass is 323 g/mol. The highest BCUT2D eigenvalue weighted by Gasteiger charge is 2.12. The van der Waals surface area contributed by atoms with E-state index in [9.17, 15) is 12.8 Å². The largest absolute Gasteiger partial charge is 0.241 e. The Kier molecular flexibility index (Phi) is 4.97. The van der Waals surface area contributed by atoms with Crippen LogP contribution in [0, 0.1) is 17.7 Å². The van der Waals surface area contributed by atoms with Crippen molar-refractivity contribution in [2.75, 3.05) is 6.54 Å². The third-order valence-corrected chi connectivity index (χ3v) is 4.17. The van der Waals surface area contributed by atoms with Gasteiger partial charge in [-0.15, -0.1) is 0 Å². The predicted molar refractivity (Wildman–Crippen MR) is 79.9 cm³/mol. The van der Waals surface area contributed by atoms with Gasteiger partial charge in [-0.2, -0.15) is 4.72 Å². The Morgan fingerprint density at radius 3 is 2.52 bits per heavy atom. The Morgan fingerprint density at radius 2 is 1.86 bits per heavy atom. The molecule has 0 aliphatic rings. The quantitative estimate of drug-likeness (QED) is 0.883. The summed E-state index contributed by atoms with van der Waals surface area (Å²) in [5, 5.41) is 0.343. The minimum absolute atomic E-state index is 0.0494. The van der Waals surface area contributed by atoms with Crippen LogP contribution in [-0.2, 0) is 10.0 Å². The van der Waals surface area contributed by atoms with E-state index in [0.717, 1.165) is 0 Å². The standard InChI is InChI=1S/C15H11ClFNO2S/c16-13-4-1-5-15(11-13)21(19,20)18-10-2-3-12-6-8-14(17)9-7-12/h1,4-9,11,18H,10H2. The van der Waals surface area contributed by atoms with E-state index >= 15 is 0 Å². The number of nitrogens with one attached hydrogen (secondary N) is 1. The molecule has 3 nitrogen and oxygen atoms in total. The number of rotatable bonds is 3. The maximum absolute atomic E-state index is 12.7. The minimum Gasteiger partial charge on any atom is -0.207 e. The van der Waals surface area contributed by atoms with Gasteiger partial charge in [0.25, 0.3) is 0 Å². The van der Waals surface area contributed by atoms with Crippen LogP contribution < -0.4 is 4.72 Å². The lowest BCUT2D eigenvalue weighted by Gasteiger charge is -2.03. The second-order valence-electron chi connectivity index (χ2n) is 4.09. The molecule has 21 heavy (non-hydrogen) atoms. The zero-order valence-corrected chi connectivity index (χ0v) is 12.4. The van der Waals surface area contributed by atoms with Gasteiger partial charge >= 0.3 is 0 Å². The molecule has 0 spiro atoms. The molecular weight excluding hydrogens is 313 g/mol. The maximum atomic E-state index is 12.7. The van der Waals surface area contributed by atoms with Gasteiger partial charge < -0.3 is 0 Å². The van der Waals surface area contributed by atoms with E-state index in [4.69, 9.17) is 11.6 Å². The van der Waals surface area contributed by atoms with Crippen molar-refractivity contribution in [3.05, 3.63) is 64.9 Å². The van der Waals surface area contributed by atoms with Crippen molar-refractivity contribution in [2.45, 2.75) is 4.90 Å². The van der Waals surface area contributed by atoms with Crippen molar-refractivity contribution < 1.29 is 12.8 Å². The molecule has 0 aliphatic carbocycles. The fraction of sp³-hybridized carbons (Fsp3) is 0.0667. The zero-order valence-electron chi connectivity index (χ0n) is 10.8. The molecule has 0 radical (unpaired) electrons. The summed E-state index contributed by atoms with van der Waals surface area (Å²) in [5.74, 6) is 5.06. The molecule has 0 aromatic heterocycles. The first-order valence-electron chi connectivity index (χ1n) is 5.97. The summed E-state index contributed by atoms with van der Waals surface area (Å²) in [6, 6.07) is 11.6. The summed E-state index contributed by atoms with van der Waals surface area (Å²) in [4.78, 5) is 0.0820. The van der Waals surface area contributed by atoms with E-state index in [1.54, 1.807) is 12.1 Å². The molecule has 1 N–H and O–H groups in total. The van der Waals surface area contributed by atoms with Gasteiger partial charge in [-0.3, -0.25) is 0 Å². The van der Waals surface area contributed by atoms with Gasteiger partial charge in [-0.05, 0) is 42.5 Å². The van der Waals surface area contributed by atoms with Crippen molar-refractivity contribution in [3.63, 3.8) is 0 Å². The second kappa shape index (κ2) is 6.72. The zero-order chi connectivity index (χ0) is 15.3. The maximum Gasteiger partial charge on any atom is 0.241 e. The third-order valence-electron chi connectivity index (χ3n) is 2.53. The summed E-state index contributed by atoms with van der Waals surface area (Å²) < 4.78 is 39.0. The molecule has 0 amide bonds. The topological polar surface area (TPSA) is 46.2 Å². The minimum atomic E-state index is -3.64. The van der Waals surface area contributed by atoms with Crippen LogP contribution in [0.25, 0.3) is 0 Å². The molecule has 108 valence electrons.